The lowest BCUT2D eigenvalue weighted by Crippen LogP contribution is -2.30. The Kier molecular flexibility index (Phi) is 6.02. The average molecular weight is 263 g/mol. The zero-order valence-electron chi connectivity index (χ0n) is 11.5. The van der Waals surface area contributed by atoms with Crippen molar-refractivity contribution in [1.82, 2.24) is 10.2 Å². The second-order valence-corrected chi connectivity index (χ2v) is 4.53. The first kappa shape index (κ1) is 15.2. The lowest BCUT2D eigenvalue weighted by Gasteiger charge is -2.10. The largest absolute Gasteiger partial charge is 0.352 e. The van der Waals surface area contributed by atoms with Crippen molar-refractivity contribution in [2.75, 3.05) is 27.2 Å². The number of carbonyl (C=O) groups is 2. The van der Waals surface area contributed by atoms with Crippen LogP contribution in [0.5, 0.6) is 0 Å². The number of nitrogens with zero attached hydrogens (tertiary/aromatic N) is 1. The van der Waals surface area contributed by atoms with Crippen molar-refractivity contribution in [2.45, 2.75) is 12.8 Å². The Hall–Kier alpha value is -1.88. The summed E-state index contributed by atoms with van der Waals surface area (Å²) >= 11 is 0. The van der Waals surface area contributed by atoms with Crippen LogP contribution in [-0.4, -0.2) is 43.9 Å². The third-order valence-electron chi connectivity index (χ3n) is 2.75. The van der Waals surface area contributed by atoms with Gasteiger partial charge in [0.05, 0.1) is 0 Å². The van der Waals surface area contributed by atoms with Crippen LogP contribution in [0.4, 0.5) is 0 Å². The third-order valence-corrected chi connectivity index (χ3v) is 2.75. The van der Waals surface area contributed by atoms with Gasteiger partial charge in [-0.3, -0.25) is 9.59 Å². The van der Waals surface area contributed by atoms with Crippen LogP contribution in [0.25, 0.3) is 0 Å². The molecular formula is C14H21N3O2. The molecule has 5 heteroatoms. The first-order valence-electron chi connectivity index (χ1n) is 6.32. The summed E-state index contributed by atoms with van der Waals surface area (Å²) in [5, 5.41) is 2.74. The molecule has 19 heavy (non-hydrogen) atoms. The first-order valence-corrected chi connectivity index (χ1v) is 6.32. The van der Waals surface area contributed by atoms with Crippen LogP contribution in [-0.2, 0) is 11.2 Å². The fourth-order valence-electron chi connectivity index (χ4n) is 1.64. The molecule has 3 N–H and O–H groups in total. The van der Waals surface area contributed by atoms with Crippen LogP contribution in [0.2, 0.25) is 0 Å². The van der Waals surface area contributed by atoms with Crippen molar-refractivity contribution in [3.8, 4) is 0 Å². The Morgan fingerprint density at radius 1 is 1.32 bits per heavy atom. The number of rotatable bonds is 6. The SMILES string of the molecule is CN(C)C(=O)CCNC(=O)c1cccc(CCN)c1. The van der Waals surface area contributed by atoms with Gasteiger partial charge in [-0.05, 0) is 30.7 Å². The molecule has 0 bridgehead atoms. The Morgan fingerprint density at radius 3 is 2.68 bits per heavy atom. The van der Waals surface area contributed by atoms with Gasteiger partial charge >= 0.3 is 0 Å². The summed E-state index contributed by atoms with van der Waals surface area (Å²) in [7, 11) is 3.39. The number of carbonyl (C=O) groups excluding carboxylic acids is 2. The van der Waals surface area contributed by atoms with Gasteiger partial charge in [-0.1, -0.05) is 12.1 Å². The minimum atomic E-state index is -0.162. The van der Waals surface area contributed by atoms with Crippen LogP contribution in [0.3, 0.4) is 0 Å². The molecule has 0 fully saturated rings. The van der Waals surface area contributed by atoms with Gasteiger partial charge in [-0.25, -0.2) is 0 Å². The van der Waals surface area contributed by atoms with Gasteiger partial charge in [0.15, 0.2) is 0 Å². The van der Waals surface area contributed by atoms with Crippen LogP contribution in [0.1, 0.15) is 22.3 Å². The fourth-order valence-corrected chi connectivity index (χ4v) is 1.64. The smallest absolute Gasteiger partial charge is 0.251 e. The summed E-state index contributed by atoms with van der Waals surface area (Å²) in [4.78, 5) is 24.8. The molecule has 0 saturated carbocycles. The molecular weight excluding hydrogens is 242 g/mol. The third kappa shape index (κ3) is 5.09. The Labute approximate surface area is 113 Å². The second kappa shape index (κ2) is 7.53. The van der Waals surface area contributed by atoms with Gasteiger partial charge in [-0.15, -0.1) is 0 Å². The van der Waals surface area contributed by atoms with Gasteiger partial charge in [0.25, 0.3) is 5.91 Å². The lowest BCUT2D eigenvalue weighted by molar-refractivity contribution is -0.128. The molecule has 0 saturated heterocycles. The zero-order valence-corrected chi connectivity index (χ0v) is 11.5. The monoisotopic (exact) mass is 263 g/mol. The van der Waals surface area contributed by atoms with E-state index < -0.39 is 0 Å². The van der Waals surface area contributed by atoms with E-state index in [-0.39, 0.29) is 11.8 Å². The molecule has 0 aliphatic rings. The molecule has 0 radical (unpaired) electrons. The summed E-state index contributed by atoms with van der Waals surface area (Å²) in [6.45, 7) is 0.902. The predicted molar refractivity (Wildman–Crippen MR) is 74.8 cm³/mol. The van der Waals surface area contributed by atoms with E-state index in [1.807, 2.05) is 18.2 Å². The van der Waals surface area contributed by atoms with E-state index in [2.05, 4.69) is 5.32 Å². The maximum absolute atomic E-state index is 11.9. The normalized spacial score (nSPS) is 10.1. The Balaban J connectivity index is 2.49. The molecule has 1 rings (SSSR count). The standard InChI is InChI=1S/C14H21N3O2/c1-17(2)13(18)7-9-16-14(19)12-5-3-4-11(10-12)6-8-15/h3-5,10H,6-9,15H2,1-2H3,(H,16,19). The molecule has 0 atom stereocenters. The Bertz CT molecular complexity index is 444. The zero-order chi connectivity index (χ0) is 14.3. The highest BCUT2D eigenvalue weighted by atomic mass is 16.2. The maximum atomic E-state index is 11.9. The summed E-state index contributed by atoms with van der Waals surface area (Å²) in [5.41, 5.74) is 7.13. The highest BCUT2D eigenvalue weighted by Crippen LogP contribution is 2.05. The summed E-state index contributed by atoms with van der Waals surface area (Å²) < 4.78 is 0. The maximum Gasteiger partial charge on any atom is 0.251 e. The molecule has 0 unspecified atom stereocenters. The van der Waals surface area contributed by atoms with E-state index >= 15 is 0 Å². The highest BCUT2D eigenvalue weighted by Gasteiger charge is 2.08. The minimum absolute atomic E-state index is 0.00261. The van der Waals surface area contributed by atoms with Crippen molar-refractivity contribution in [3.05, 3.63) is 35.4 Å². The molecule has 0 spiro atoms. The van der Waals surface area contributed by atoms with Crippen LogP contribution >= 0.6 is 0 Å². The summed E-state index contributed by atoms with van der Waals surface area (Å²) in [5.74, 6) is -0.164. The van der Waals surface area contributed by atoms with Crippen LogP contribution < -0.4 is 11.1 Å². The van der Waals surface area contributed by atoms with Gasteiger partial charge in [-0.2, -0.15) is 0 Å². The first-order chi connectivity index (χ1) is 9.04. The van der Waals surface area contributed by atoms with Gasteiger partial charge in [0.2, 0.25) is 5.91 Å². The molecule has 1 aromatic carbocycles. The quantitative estimate of drug-likeness (QED) is 0.780. The van der Waals surface area contributed by atoms with E-state index in [4.69, 9.17) is 5.73 Å². The number of hydrogen-bond donors (Lipinski definition) is 2. The molecule has 0 aromatic heterocycles. The molecule has 0 heterocycles. The van der Waals surface area contributed by atoms with Crippen molar-refractivity contribution in [2.24, 2.45) is 5.73 Å². The number of hydrogen-bond acceptors (Lipinski definition) is 3. The molecule has 5 nitrogen and oxygen atoms in total. The summed E-state index contributed by atoms with van der Waals surface area (Å²) in [6, 6.07) is 7.36. The molecule has 2 amide bonds. The predicted octanol–water partition coefficient (Wildman–Crippen LogP) is 0.396. The van der Waals surface area contributed by atoms with Crippen molar-refractivity contribution in [3.63, 3.8) is 0 Å². The van der Waals surface area contributed by atoms with Gasteiger partial charge < -0.3 is 16.0 Å². The summed E-state index contributed by atoms with van der Waals surface area (Å²) in [6.07, 6.45) is 1.06. The Morgan fingerprint density at radius 2 is 2.05 bits per heavy atom. The molecule has 104 valence electrons. The average Bonchev–Trinajstić information content (AvgIpc) is 2.39. The van der Waals surface area contributed by atoms with Crippen molar-refractivity contribution in [1.29, 1.82) is 0 Å². The van der Waals surface area contributed by atoms with Crippen LogP contribution in [0.15, 0.2) is 24.3 Å². The highest BCUT2D eigenvalue weighted by molar-refractivity contribution is 5.94. The number of amides is 2. The second-order valence-electron chi connectivity index (χ2n) is 4.53. The van der Waals surface area contributed by atoms with Gasteiger partial charge in [0, 0.05) is 32.6 Å². The number of nitrogens with one attached hydrogen (secondary N) is 1. The van der Waals surface area contributed by atoms with Crippen LogP contribution in [0, 0.1) is 0 Å². The van der Waals surface area contributed by atoms with E-state index in [9.17, 15) is 9.59 Å². The van der Waals surface area contributed by atoms with Crippen molar-refractivity contribution >= 4 is 11.8 Å². The van der Waals surface area contributed by atoms with E-state index in [1.54, 1.807) is 20.2 Å². The molecule has 0 aliphatic carbocycles. The molecule has 1 aromatic rings. The van der Waals surface area contributed by atoms with E-state index in [1.165, 1.54) is 4.90 Å². The minimum Gasteiger partial charge on any atom is -0.352 e. The number of nitrogens with two attached hydrogens (primary N) is 1. The lowest BCUT2D eigenvalue weighted by atomic mass is 10.1. The van der Waals surface area contributed by atoms with E-state index in [0.717, 1.165) is 12.0 Å². The fraction of sp³-hybridized carbons (Fsp3) is 0.429. The van der Waals surface area contributed by atoms with Crippen molar-refractivity contribution < 1.29 is 9.59 Å². The van der Waals surface area contributed by atoms with Gasteiger partial charge in [0.1, 0.15) is 0 Å². The number of benzene rings is 1. The van der Waals surface area contributed by atoms with E-state index in [0.29, 0.717) is 25.1 Å². The molecule has 0 aliphatic heterocycles. The topological polar surface area (TPSA) is 75.4 Å².